The third-order valence-electron chi connectivity index (χ3n) is 3.86. The highest BCUT2D eigenvalue weighted by molar-refractivity contribution is 5.81. The summed E-state index contributed by atoms with van der Waals surface area (Å²) in [6.45, 7) is 2.15. The minimum atomic E-state index is -4.79. The van der Waals surface area contributed by atoms with Crippen LogP contribution >= 0.6 is 0 Å². The minimum Gasteiger partial charge on any atom is -0.380 e. The fourth-order valence-electron chi connectivity index (χ4n) is 2.58. The van der Waals surface area contributed by atoms with Crippen LogP contribution in [-0.2, 0) is 9.53 Å². The second-order valence-corrected chi connectivity index (χ2v) is 5.75. The zero-order valence-corrected chi connectivity index (χ0v) is 13.3. The molecule has 132 valence electrons. The molecule has 0 aliphatic heterocycles. The third kappa shape index (κ3) is 8.82. The zero-order valence-electron chi connectivity index (χ0n) is 13.3. The average molecular weight is 334 g/mol. The fourth-order valence-corrected chi connectivity index (χ4v) is 2.58. The third-order valence-corrected chi connectivity index (χ3v) is 3.86. The summed E-state index contributed by atoms with van der Waals surface area (Å²) in [6, 6.07) is -0.0527. The number of halogens is 3. The highest BCUT2D eigenvalue weighted by Crippen LogP contribution is 2.21. The van der Waals surface area contributed by atoms with Crippen molar-refractivity contribution in [1.82, 2.24) is 10.6 Å². The van der Waals surface area contributed by atoms with E-state index < -0.39 is 12.1 Å². The van der Waals surface area contributed by atoms with Crippen LogP contribution in [0, 0.1) is 12.3 Å². The lowest BCUT2D eigenvalue weighted by molar-refractivity contribution is -0.174. The lowest BCUT2D eigenvalue weighted by Crippen LogP contribution is -2.46. The molecule has 2 N–H and O–H groups in total. The number of unbranched alkanes of at least 4 members (excludes halogenated alkanes) is 1. The summed E-state index contributed by atoms with van der Waals surface area (Å²) < 4.78 is 41.9. The largest absolute Gasteiger partial charge is 0.471 e. The summed E-state index contributed by atoms with van der Waals surface area (Å²) in [5.74, 6) is 0.676. The van der Waals surface area contributed by atoms with Gasteiger partial charge in [-0.3, -0.25) is 4.79 Å². The molecule has 0 aromatic heterocycles. The Morgan fingerprint density at radius 3 is 2.39 bits per heavy atom. The molecule has 23 heavy (non-hydrogen) atoms. The Hall–Kier alpha value is -1.26. The number of terminal acetylenes is 1. The number of hydrogen-bond acceptors (Lipinski definition) is 3. The molecular weight excluding hydrogens is 309 g/mol. The SMILES string of the molecule is C#CCCOCCCCN[C@H]1CC[C@@H](NC(=O)C(F)(F)F)CC1. The average Bonchev–Trinajstić information content (AvgIpc) is 2.50. The van der Waals surface area contributed by atoms with Crippen LogP contribution in [0.4, 0.5) is 13.2 Å². The monoisotopic (exact) mass is 334 g/mol. The molecule has 0 spiro atoms. The van der Waals surface area contributed by atoms with E-state index in [0.717, 1.165) is 32.2 Å². The van der Waals surface area contributed by atoms with Gasteiger partial charge in [0, 0.05) is 25.1 Å². The van der Waals surface area contributed by atoms with Gasteiger partial charge >= 0.3 is 12.1 Å². The van der Waals surface area contributed by atoms with E-state index in [2.05, 4.69) is 16.6 Å². The molecule has 4 nitrogen and oxygen atoms in total. The smallest absolute Gasteiger partial charge is 0.380 e. The molecule has 1 saturated carbocycles. The molecule has 0 aromatic carbocycles. The van der Waals surface area contributed by atoms with Crippen molar-refractivity contribution in [2.24, 2.45) is 0 Å². The van der Waals surface area contributed by atoms with E-state index in [1.54, 1.807) is 0 Å². The van der Waals surface area contributed by atoms with E-state index in [1.807, 2.05) is 0 Å². The van der Waals surface area contributed by atoms with Crippen molar-refractivity contribution in [3.63, 3.8) is 0 Å². The number of carbonyl (C=O) groups is 1. The number of alkyl halides is 3. The van der Waals surface area contributed by atoms with Gasteiger partial charge in [0.1, 0.15) is 0 Å². The van der Waals surface area contributed by atoms with E-state index in [1.165, 1.54) is 0 Å². The van der Waals surface area contributed by atoms with Gasteiger partial charge in [0.15, 0.2) is 0 Å². The number of amides is 1. The lowest BCUT2D eigenvalue weighted by Gasteiger charge is -2.30. The van der Waals surface area contributed by atoms with Crippen LogP contribution in [0.3, 0.4) is 0 Å². The highest BCUT2D eigenvalue weighted by Gasteiger charge is 2.40. The summed E-state index contributed by atoms with van der Waals surface area (Å²) in [7, 11) is 0. The van der Waals surface area contributed by atoms with Crippen molar-refractivity contribution in [1.29, 1.82) is 0 Å². The van der Waals surface area contributed by atoms with Crippen molar-refractivity contribution in [2.45, 2.75) is 63.2 Å². The molecule has 1 rings (SSSR count). The predicted molar refractivity (Wildman–Crippen MR) is 81.7 cm³/mol. The van der Waals surface area contributed by atoms with Gasteiger partial charge in [0.05, 0.1) is 6.61 Å². The Kier molecular flexibility index (Phi) is 9.03. The molecule has 1 aliphatic carbocycles. The van der Waals surface area contributed by atoms with Crippen LogP contribution in [0.15, 0.2) is 0 Å². The number of ether oxygens (including phenoxy) is 1. The number of nitrogens with one attached hydrogen (secondary N) is 2. The molecule has 0 radical (unpaired) electrons. The maximum atomic E-state index is 12.2. The van der Waals surface area contributed by atoms with Gasteiger partial charge < -0.3 is 15.4 Å². The number of carbonyl (C=O) groups excluding carboxylic acids is 1. The van der Waals surface area contributed by atoms with Crippen LogP contribution in [-0.4, -0.2) is 43.9 Å². The Balaban J connectivity index is 2.02. The van der Waals surface area contributed by atoms with E-state index >= 15 is 0 Å². The van der Waals surface area contributed by atoms with Gasteiger partial charge in [-0.1, -0.05) is 0 Å². The second-order valence-electron chi connectivity index (χ2n) is 5.75. The summed E-state index contributed by atoms with van der Waals surface area (Å²) >= 11 is 0. The Morgan fingerprint density at radius 1 is 1.13 bits per heavy atom. The van der Waals surface area contributed by atoms with Gasteiger partial charge in [0.25, 0.3) is 0 Å². The van der Waals surface area contributed by atoms with Crippen LogP contribution in [0.5, 0.6) is 0 Å². The second kappa shape index (κ2) is 10.5. The van der Waals surface area contributed by atoms with Gasteiger partial charge in [-0.15, -0.1) is 12.3 Å². The highest BCUT2D eigenvalue weighted by atomic mass is 19.4. The molecule has 0 unspecified atom stereocenters. The summed E-state index contributed by atoms with van der Waals surface area (Å²) in [5, 5.41) is 5.46. The molecular formula is C16H25F3N2O2. The van der Waals surface area contributed by atoms with E-state index in [9.17, 15) is 18.0 Å². The maximum Gasteiger partial charge on any atom is 0.471 e. The molecule has 0 saturated heterocycles. The van der Waals surface area contributed by atoms with Crippen molar-refractivity contribution < 1.29 is 22.7 Å². The quantitative estimate of drug-likeness (QED) is 0.503. The molecule has 0 heterocycles. The topological polar surface area (TPSA) is 50.4 Å². The van der Waals surface area contributed by atoms with Crippen LogP contribution in [0.25, 0.3) is 0 Å². The van der Waals surface area contributed by atoms with Crippen LogP contribution < -0.4 is 10.6 Å². The lowest BCUT2D eigenvalue weighted by atomic mass is 9.91. The van der Waals surface area contributed by atoms with Crippen molar-refractivity contribution >= 4 is 5.91 Å². The van der Waals surface area contributed by atoms with Gasteiger partial charge in [-0.05, 0) is 45.1 Å². The van der Waals surface area contributed by atoms with Gasteiger partial charge in [0.2, 0.25) is 0 Å². The van der Waals surface area contributed by atoms with E-state index in [-0.39, 0.29) is 6.04 Å². The molecule has 1 amide bonds. The van der Waals surface area contributed by atoms with Crippen molar-refractivity contribution in [3.8, 4) is 12.3 Å². The van der Waals surface area contributed by atoms with Gasteiger partial charge in [-0.2, -0.15) is 13.2 Å². The summed E-state index contributed by atoms with van der Waals surface area (Å²) in [4.78, 5) is 10.9. The molecule has 0 atom stereocenters. The first-order valence-electron chi connectivity index (χ1n) is 8.05. The minimum absolute atomic E-state index is 0.316. The van der Waals surface area contributed by atoms with E-state index in [4.69, 9.17) is 11.2 Å². The molecule has 0 aromatic rings. The first kappa shape index (κ1) is 19.8. The van der Waals surface area contributed by atoms with Crippen molar-refractivity contribution in [2.75, 3.05) is 19.8 Å². The first-order chi connectivity index (χ1) is 10.9. The molecule has 1 fully saturated rings. The fraction of sp³-hybridized carbons (Fsp3) is 0.812. The van der Waals surface area contributed by atoms with Gasteiger partial charge in [-0.25, -0.2) is 0 Å². The predicted octanol–water partition coefficient (Wildman–Crippen LogP) is 2.39. The Labute approximate surface area is 135 Å². The Morgan fingerprint density at radius 2 is 1.78 bits per heavy atom. The van der Waals surface area contributed by atoms with E-state index in [0.29, 0.717) is 38.5 Å². The number of hydrogen-bond donors (Lipinski definition) is 2. The maximum absolute atomic E-state index is 12.2. The zero-order chi connectivity index (χ0) is 17.1. The standard InChI is InChI=1S/C16H25F3N2O2/c1-2-3-11-23-12-5-4-10-20-13-6-8-14(9-7-13)21-15(22)16(17,18)19/h1,13-14,20H,3-12H2,(H,21,22)/t13-,14+. The molecule has 0 bridgehead atoms. The normalized spacial score (nSPS) is 21.7. The van der Waals surface area contributed by atoms with Crippen LogP contribution in [0.1, 0.15) is 44.9 Å². The summed E-state index contributed by atoms with van der Waals surface area (Å²) in [5.41, 5.74) is 0. The molecule has 7 heteroatoms. The Bertz CT molecular complexity index is 386. The summed E-state index contributed by atoms with van der Waals surface area (Å²) in [6.07, 6.45) is 5.60. The molecule has 1 aliphatic rings. The van der Waals surface area contributed by atoms with Crippen LogP contribution in [0.2, 0.25) is 0 Å². The number of rotatable bonds is 9. The first-order valence-corrected chi connectivity index (χ1v) is 8.05. The van der Waals surface area contributed by atoms with Crippen molar-refractivity contribution in [3.05, 3.63) is 0 Å².